The standard InChI is InChI=1S/C23H31NO5/c1-15(7-5-9-17(3)14-25)6-4-8-16(2)10-11-29-22-20(26)12-18-19(21(22)27)13-24-23(18)28/h5,7-9,12,17,25-27H,4,6,10-11,13-14H2,1-3H3,(H,24,28)/b9-5+,15-7+,16-8+. The number of aliphatic hydroxyl groups is 1. The Morgan fingerprint density at radius 1 is 1.28 bits per heavy atom. The molecule has 0 bridgehead atoms. The molecule has 1 aliphatic heterocycles. The number of aromatic hydroxyl groups is 2. The smallest absolute Gasteiger partial charge is 0.252 e. The van der Waals surface area contributed by atoms with Gasteiger partial charge in [-0.05, 0) is 38.7 Å². The van der Waals surface area contributed by atoms with E-state index in [2.05, 4.69) is 24.4 Å². The molecule has 29 heavy (non-hydrogen) atoms. The number of phenols is 2. The molecule has 6 heteroatoms. The first-order valence-corrected chi connectivity index (χ1v) is 9.92. The van der Waals surface area contributed by atoms with Gasteiger partial charge in [-0.2, -0.15) is 0 Å². The molecule has 1 atom stereocenters. The lowest BCUT2D eigenvalue weighted by atomic mass is 10.1. The second kappa shape index (κ2) is 10.7. The number of aliphatic hydroxyl groups excluding tert-OH is 1. The molecule has 4 N–H and O–H groups in total. The third kappa shape index (κ3) is 6.39. The molecule has 0 saturated heterocycles. The number of allylic oxidation sites excluding steroid dienone is 4. The van der Waals surface area contributed by atoms with E-state index in [4.69, 9.17) is 9.84 Å². The van der Waals surface area contributed by atoms with Crippen LogP contribution in [0.3, 0.4) is 0 Å². The molecule has 0 aliphatic carbocycles. The van der Waals surface area contributed by atoms with E-state index in [1.54, 1.807) is 0 Å². The van der Waals surface area contributed by atoms with Crippen molar-refractivity contribution in [2.45, 2.75) is 46.6 Å². The largest absolute Gasteiger partial charge is 0.504 e. The Labute approximate surface area is 172 Å². The zero-order valence-corrected chi connectivity index (χ0v) is 17.4. The van der Waals surface area contributed by atoms with E-state index < -0.39 is 0 Å². The minimum Gasteiger partial charge on any atom is -0.504 e. The minimum atomic E-state index is -0.307. The van der Waals surface area contributed by atoms with Crippen LogP contribution in [-0.4, -0.2) is 34.4 Å². The summed E-state index contributed by atoms with van der Waals surface area (Å²) in [5.74, 6) is -0.523. The number of fused-ring (bicyclic) bond motifs is 1. The van der Waals surface area contributed by atoms with Gasteiger partial charge in [0.15, 0.2) is 11.5 Å². The fraction of sp³-hybridized carbons (Fsp3) is 0.435. The second-order valence-corrected chi connectivity index (χ2v) is 7.53. The van der Waals surface area contributed by atoms with Crippen molar-refractivity contribution in [3.05, 3.63) is 52.6 Å². The van der Waals surface area contributed by atoms with Gasteiger partial charge in [-0.3, -0.25) is 4.79 Å². The summed E-state index contributed by atoms with van der Waals surface area (Å²) < 4.78 is 5.59. The zero-order chi connectivity index (χ0) is 21.4. The number of phenolic OH excluding ortho intramolecular Hbond substituents is 2. The third-order valence-electron chi connectivity index (χ3n) is 4.89. The fourth-order valence-corrected chi connectivity index (χ4v) is 2.98. The van der Waals surface area contributed by atoms with Gasteiger partial charge in [-0.25, -0.2) is 0 Å². The highest BCUT2D eigenvalue weighted by Gasteiger charge is 2.27. The molecule has 1 aromatic rings. The molecule has 158 valence electrons. The highest BCUT2D eigenvalue weighted by atomic mass is 16.5. The highest BCUT2D eigenvalue weighted by Crippen LogP contribution is 2.42. The zero-order valence-electron chi connectivity index (χ0n) is 17.4. The van der Waals surface area contributed by atoms with Crippen molar-refractivity contribution in [1.29, 1.82) is 0 Å². The summed E-state index contributed by atoms with van der Waals surface area (Å²) in [5, 5.41) is 31.9. The minimum absolute atomic E-state index is 0.0238. The lowest BCUT2D eigenvalue weighted by molar-refractivity contribution is 0.0965. The average Bonchev–Trinajstić information content (AvgIpc) is 3.05. The van der Waals surface area contributed by atoms with Crippen LogP contribution in [-0.2, 0) is 6.54 Å². The molecule has 1 heterocycles. The number of rotatable bonds is 10. The molecule has 0 aromatic heterocycles. The van der Waals surface area contributed by atoms with Crippen LogP contribution in [0.15, 0.2) is 41.5 Å². The summed E-state index contributed by atoms with van der Waals surface area (Å²) in [6, 6.07) is 1.33. The number of carbonyl (C=O) groups excluding carboxylic acids is 1. The van der Waals surface area contributed by atoms with Crippen molar-refractivity contribution in [1.82, 2.24) is 5.32 Å². The van der Waals surface area contributed by atoms with Gasteiger partial charge in [0.05, 0.1) is 12.2 Å². The van der Waals surface area contributed by atoms with Crippen molar-refractivity contribution in [3.8, 4) is 17.2 Å². The van der Waals surface area contributed by atoms with Crippen LogP contribution < -0.4 is 10.1 Å². The maximum absolute atomic E-state index is 11.6. The van der Waals surface area contributed by atoms with E-state index in [-0.39, 0.29) is 47.8 Å². The maximum Gasteiger partial charge on any atom is 0.252 e. The topological polar surface area (TPSA) is 99.0 Å². The van der Waals surface area contributed by atoms with E-state index in [1.165, 1.54) is 17.2 Å². The van der Waals surface area contributed by atoms with Crippen LogP contribution in [0.4, 0.5) is 0 Å². The Bertz CT molecular complexity index is 823. The van der Waals surface area contributed by atoms with Gasteiger partial charge in [-0.15, -0.1) is 0 Å². The number of carbonyl (C=O) groups is 1. The van der Waals surface area contributed by atoms with E-state index in [1.807, 2.05) is 26.0 Å². The fourth-order valence-electron chi connectivity index (χ4n) is 2.98. The van der Waals surface area contributed by atoms with Crippen LogP contribution in [0.1, 0.15) is 56.0 Å². The third-order valence-corrected chi connectivity index (χ3v) is 4.89. The van der Waals surface area contributed by atoms with Gasteiger partial charge in [-0.1, -0.05) is 42.4 Å². The van der Waals surface area contributed by atoms with Gasteiger partial charge in [0, 0.05) is 25.1 Å². The molecule has 1 amide bonds. The van der Waals surface area contributed by atoms with Crippen LogP contribution in [0.2, 0.25) is 0 Å². The number of nitrogens with one attached hydrogen (secondary N) is 1. The normalized spacial score (nSPS) is 15.5. The van der Waals surface area contributed by atoms with E-state index in [0.717, 1.165) is 12.8 Å². The highest BCUT2D eigenvalue weighted by molar-refractivity contribution is 6.00. The molecule has 6 nitrogen and oxygen atoms in total. The van der Waals surface area contributed by atoms with E-state index in [9.17, 15) is 15.0 Å². The van der Waals surface area contributed by atoms with Crippen LogP contribution in [0.25, 0.3) is 0 Å². The van der Waals surface area contributed by atoms with Crippen LogP contribution in [0, 0.1) is 5.92 Å². The number of amides is 1. The Morgan fingerprint density at radius 3 is 2.76 bits per heavy atom. The van der Waals surface area contributed by atoms with E-state index >= 15 is 0 Å². The SMILES string of the molecule is C/C(=C\C=C\C(C)CO)CC/C=C(\C)CCOc1c(O)cc2c(c1O)CNC2=O. The van der Waals surface area contributed by atoms with E-state index in [0.29, 0.717) is 18.6 Å². The summed E-state index contributed by atoms with van der Waals surface area (Å²) >= 11 is 0. The molecule has 1 unspecified atom stereocenters. The van der Waals surface area contributed by atoms with Crippen LogP contribution in [0.5, 0.6) is 17.2 Å². The summed E-state index contributed by atoms with van der Waals surface area (Å²) in [7, 11) is 0. The quantitative estimate of drug-likeness (QED) is 0.351. The first kappa shape index (κ1) is 22.6. The summed E-state index contributed by atoms with van der Waals surface area (Å²) in [6.45, 7) is 6.78. The number of hydrogen-bond acceptors (Lipinski definition) is 5. The molecule has 0 spiro atoms. The number of hydrogen-bond donors (Lipinski definition) is 4. The number of benzene rings is 1. The first-order chi connectivity index (χ1) is 13.8. The monoisotopic (exact) mass is 401 g/mol. The van der Waals surface area contributed by atoms with Crippen molar-refractivity contribution in [2.75, 3.05) is 13.2 Å². The maximum atomic E-state index is 11.6. The summed E-state index contributed by atoms with van der Waals surface area (Å²) in [5.41, 5.74) is 3.18. The van der Waals surface area contributed by atoms with Crippen molar-refractivity contribution >= 4 is 5.91 Å². The Kier molecular flexibility index (Phi) is 8.34. The first-order valence-electron chi connectivity index (χ1n) is 9.92. The summed E-state index contributed by atoms with van der Waals surface area (Å²) in [4.78, 5) is 11.6. The number of ether oxygens (including phenoxy) is 1. The molecule has 1 aliphatic rings. The van der Waals surface area contributed by atoms with Crippen LogP contribution >= 0.6 is 0 Å². The molecular formula is C23H31NO5. The molecule has 0 saturated carbocycles. The lowest BCUT2D eigenvalue weighted by Crippen LogP contribution is -2.12. The second-order valence-electron chi connectivity index (χ2n) is 7.53. The van der Waals surface area contributed by atoms with Gasteiger partial charge >= 0.3 is 0 Å². The van der Waals surface area contributed by atoms with Gasteiger partial charge in [0.25, 0.3) is 5.91 Å². The van der Waals surface area contributed by atoms with Crippen molar-refractivity contribution in [3.63, 3.8) is 0 Å². The van der Waals surface area contributed by atoms with Crippen molar-refractivity contribution in [2.24, 2.45) is 5.92 Å². The molecular weight excluding hydrogens is 370 g/mol. The van der Waals surface area contributed by atoms with Gasteiger partial charge in [0.2, 0.25) is 5.75 Å². The van der Waals surface area contributed by atoms with Crippen molar-refractivity contribution < 1.29 is 24.9 Å². The molecule has 0 fully saturated rings. The molecule has 0 radical (unpaired) electrons. The average molecular weight is 402 g/mol. The molecule has 1 aromatic carbocycles. The Balaban J connectivity index is 1.81. The lowest BCUT2D eigenvalue weighted by Gasteiger charge is -2.12. The predicted octanol–water partition coefficient (Wildman–Crippen LogP) is 3.97. The summed E-state index contributed by atoms with van der Waals surface area (Å²) in [6.07, 6.45) is 10.7. The Morgan fingerprint density at radius 2 is 2.03 bits per heavy atom. The van der Waals surface area contributed by atoms with Gasteiger partial charge in [0.1, 0.15) is 0 Å². The molecule has 2 rings (SSSR count). The Hall–Kier alpha value is -2.73. The predicted molar refractivity (Wildman–Crippen MR) is 113 cm³/mol. The van der Waals surface area contributed by atoms with Gasteiger partial charge < -0.3 is 25.4 Å².